The molecular weight excluding hydrogens is 408 g/mol. The second-order valence-corrected chi connectivity index (χ2v) is 8.76. The first kappa shape index (κ1) is 21.2. The van der Waals surface area contributed by atoms with E-state index >= 15 is 0 Å². The zero-order valence-electron chi connectivity index (χ0n) is 18.1. The molecule has 0 bridgehead atoms. The third-order valence-corrected chi connectivity index (χ3v) is 6.69. The van der Waals surface area contributed by atoms with Crippen molar-refractivity contribution in [3.05, 3.63) is 58.5 Å². The van der Waals surface area contributed by atoms with Crippen LogP contribution in [-0.2, 0) is 17.9 Å². The number of nitriles is 1. The molecule has 1 aliphatic carbocycles. The number of rotatable bonds is 8. The molecule has 2 heterocycles. The zero-order valence-corrected chi connectivity index (χ0v) is 18.9. The summed E-state index contributed by atoms with van der Waals surface area (Å²) < 4.78 is 4.11. The van der Waals surface area contributed by atoms with E-state index in [1.165, 1.54) is 11.8 Å². The second-order valence-electron chi connectivity index (χ2n) is 7.81. The zero-order chi connectivity index (χ0) is 22.0. The molecule has 3 aromatic rings. The molecule has 2 aromatic heterocycles. The van der Waals surface area contributed by atoms with Crippen LogP contribution in [0.4, 0.5) is 5.82 Å². The van der Waals surface area contributed by atoms with Crippen LogP contribution in [0, 0.1) is 25.2 Å². The Labute approximate surface area is 186 Å². The highest BCUT2D eigenvalue weighted by atomic mass is 32.2. The molecule has 7 nitrogen and oxygen atoms in total. The highest BCUT2D eigenvalue weighted by Gasteiger charge is 2.30. The first-order valence-corrected chi connectivity index (χ1v) is 11.5. The number of thioether (sulfide) groups is 1. The molecule has 1 N–H and O–H groups in total. The fourth-order valence-electron chi connectivity index (χ4n) is 3.74. The molecule has 1 saturated carbocycles. The Morgan fingerprint density at radius 3 is 2.61 bits per heavy atom. The summed E-state index contributed by atoms with van der Waals surface area (Å²) in [6.07, 6.45) is 2.33. The summed E-state index contributed by atoms with van der Waals surface area (Å²) in [4.78, 5) is 12.8. The van der Waals surface area contributed by atoms with E-state index in [4.69, 9.17) is 0 Å². The molecule has 0 atom stereocenters. The molecule has 31 heavy (non-hydrogen) atoms. The van der Waals surface area contributed by atoms with E-state index in [0.29, 0.717) is 23.8 Å². The molecule has 8 heteroatoms. The number of carbonyl (C=O) groups is 1. The molecule has 0 radical (unpaired) electrons. The Balaban J connectivity index is 1.51. The smallest absolute Gasteiger partial charge is 0.235 e. The lowest BCUT2D eigenvalue weighted by Gasteiger charge is -2.13. The maximum atomic E-state index is 12.8. The van der Waals surface area contributed by atoms with Gasteiger partial charge in [0.1, 0.15) is 17.7 Å². The predicted molar refractivity (Wildman–Crippen MR) is 121 cm³/mol. The minimum Gasteiger partial charge on any atom is -0.326 e. The molecule has 1 amide bonds. The molecule has 0 spiro atoms. The third-order valence-electron chi connectivity index (χ3n) is 5.72. The van der Waals surface area contributed by atoms with E-state index in [2.05, 4.69) is 33.1 Å². The van der Waals surface area contributed by atoms with Gasteiger partial charge in [0.05, 0.1) is 11.3 Å². The predicted octanol–water partition coefficient (Wildman–Crippen LogP) is 4.24. The van der Waals surface area contributed by atoms with Crippen molar-refractivity contribution in [3.63, 3.8) is 0 Å². The van der Waals surface area contributed by atoms with Crippen LogP contribution < -0.4 is 5.32 Å². The van der Waals surface area contributed by atoms with Crippen molar-refractivity contribution >= 4 is 23.5 Å². The average molecular weight is 435 g/mol. The molecule has 0 saturated heterocycles. The topological polar surface area (TPSA) is 88.5 Å². The number of benzene rings is 1. The molecule has 4 rings (SSSR count). The summed E-state index contributed by atoms with van der Waals surface area (Å²) in [5.41, 5.74) is 3.49. The highest BCUT2D eigenvalue weighted by Crippen LogP contribution is 2.40. The van der Waals surface area contributed by atoms with Crippen molar-refractivity contribution in [2.45, 2.75) is 57.8 Å². The van der Waals surface area contributed by atoms with Crippen molar-refractivity contribution in [1.82, 2.24) is 19.3 Å². The lowest BCUT2D eigenvalue weighted by Crippen LogP contribution is -2.19. The van der Waals surface area contributed by atoms with E-state index in [-0.39, 0.29) is 11.7 Å². The summed E-state index contributed by atoms with van der Waals surface area (Å²) in [6, 6.07) is 12.3. The van der Waals surface area contributed by atoms with Gasteiger partial charge in [-0.05, 0) is 44.7 Å². The van der Waals surface area contributed by atoms with Gasteiger partial charge in [0.25, 0.3) is 0 Å². The Morgan fingerprint density at radius 2 is 1.97 bits per heavy atom. The van der Waals surface area contributed by atoms with E-state index < -0.39 is 0 Å². The van der Waals surface area contributed by atoms with Gasteiger partial charge in [0.15, 0.2) is 5.16 Å². The quantitative estimate of drug-likeness (QED) is 0.536. The summed E-state index contributed by atoms with van der Waals surface area (Å²) in [5, 5.41) is 22.1. The van der Waals surface area contributed by atoms with E-state index in [1.807, 2.05) is 48.7 Å². The van der Waals surface area contributed by atoms with Crippen molar-refractivity contribution in [2.75, 3.05) is 11.1 Å². The summed E-state index contributed by atoms with van der Waals surface area (Å²) >= 11 is 1.38. The first-order valence-electron chi connectivity index (χ1n) is 10.5. The maximum absolute atomic E-state index is 12.8. The van der Waals surface area contributed by atoms with Gasteiger partial charge < -0.3 is 14.5 Å². The number of carbonyl (C=O) groups excluding carboxylic acids is 1. The third kappa shape index (κ3) is 4.37. The normalized spacial score (nSPS) is 13.2. The van der Waals surface area contributed by atoms with Crippen molar-refractivity contribution in [2.24, 2.45) is 0 Å². The number of nitrogens with zero attached hydrogens (tertiary/aromatic N) is 5. The van der Waals surface area contributed by atoms with Crippen LogP contribution in [0.15, 0.2) is 35.5 Å². The van der Waals surface area contributed by atoms with Gasteiger partial charge in [0.2, 0.25) is 5.91 Å². The summed E-state index contributed by atoms with van der Waals surface area (Å²) in [6.45, 7) is 7.35. The van der Waals surface area contributed by atoms with Gasteiger partial charge in [-0.1, -0.05) is 42.1 Å². The Morgan fingerprint density at radius 1 is 1.23 bits per heavy atom. The molecular formula is C23H26N6OS. The fourth-order valence-corrected chi connectivity index (χ4v) is 4.55. The largest absolute Gasteiger partial charge is 0.326 e. The molecule has 0 unspecified atom stereocenters. The molecule has 0 aliphatic heterocycles. The van der Waals surface area contributed by atoms with Crippen LogP contribution >= 0.6 is 11.8 Å². The van der Waals surface area contributed by atoms with Crippen LogP contribution in [0.1, 0.15) is 53.9 Å². The number of amides is 1. The van der Waals surface area contributed by atoms with Crippen molar-refractivity contribution in [3.8, 4) is 6.07 Å². The van der Waals surface area contributed by atoms with Gasteiger partial charge in [-0.25, -0.2) is 0 Å². The number of nitrogens with one attached hydrogen (secondary N) is 1. The van der Waals surface area contributed by atoms with E-state index in [9.17, 15) is 10.1 Å². The summed E-state index contributed by atoms with van der Waals surface area (Å²) in [7, 11) is 0. The fraction of sp³-hybridized carbons (Fsp3) is 0.391. The van der Waals surface area contributed by atoms with E-state index in [1.54, 1.807) is 0 Å². The van der Waals surface area contributed by atoms with Crippen molar-refractivity contribution in [1.29, 1.82) is 5.26 Å². The standard InChI is InChI=1S/C23H26N6OS/c1-4-28-21(18-10-11-18)26-27-23(28)31-14-20(30)25-22-19(12-24)15(2)16(3)29(22)13-17-8-6-5-7-9-17/h5-9,18H,4,10-11,13-14H2,1-3H3,(H,25,30). The van der Waals surface area contributed by atoms with Crippen LogP contribution in [0.5, 0.6) is 0 Å². The maximum Gasteiger partial charge on any atom is 0.235 e. The van der Waals surface area contributed by atoms with E-state index in [0.717, 1.165) is 47.2 Å². The van der Waals surface area contributed by atoms with Gasteiger partial charge in [0, 0.05) is 24.7 Å². The van der Waals surface area contributed by atoms with Crippen molar-refractivity contribution < 1.29 is 4.79 Å². The lowest BCUT2D eigenvalue weighted by atomic mass is 10.2. The van der Waals surface area contributed by atoms with Crippen LogP contribution in [-0.4, -0.2) is 31.0 Å². The number of anilines is 1. The number of hydrogen-bond acceptors (Lipinski definition) is 5. The molecule has 1 aromatic carbocycles. The Hall–Kier alpha value is -3.05. The summed E-state index contributed by atoms with van der Waals surface area (Å²) in [5.74, 6) is 2.15. The number of hydrogen-bond donors (Lipinski definition) is 1. The van der Waals surface area contributed by atoms with Gasteiger partial charge in [-0.15, -0.1) is 10.2 Å². The van der Waals surface area contributed by atoms with Gasteiger partial charge >= 0.3 is 0 Å². The minimum absolute atomic E-state index is 0.160. The van der Waals surface area contributed by atoms with Crippen LogP contribution in [0.2, 0.25) is 0 Å². The van der Waals surface area contributed by atoms with Gasteiger partial charge in [-0.2, -0.15) is 5.26 Å². The number of aromatic nitrogens is 4. The van der Waals surface area contributed by atoms with Crippen LogP contribution in [0.25, 0.3) is 0 Å². The first-order chi connectivity index (χ1) is 15.0. The average Bonchev–Trinajstić information content (AvgIpc) is 3.50. The molecule has 1 fully saturated rings. The lowest BCUT2D eigenvalue weighted by molar-refractivity contribution is -0.113. The monoisotopic (exact) mass is 434 g/mol. The van der Waals surface area contributed by atoms with Crippen LogP contribution in [0.3, 0.4) is 0 Å². The Bertz CT molecular complexity index is 1140. The molecule has 1 aliphatic rings. The highest BCUT2D eigenvalue weighted by molar-refractivity contribution is 7.99. The SMILES string of the molecule is CCn1c(SCC(=O)Nc2c(C#N)c(C)c(C)n2Cc2ccccc2)nnc1C1CC1. The van der Waals surface area contributed by atoms with Gasteiger partial charge in [-0.3, -0.25) is 4.79 Å². The minimum atomic E-state index is -0.160. The Kier molecular flexibility index (Phi) is 6.14. The second kappa shape index (κ2) is 8.98. The molecule has 160 valence electrons.